The molecule has 35 heavy (non-hydrogen) atoms. The smallest absolute Gasteiger partial charge is 0.303 e. The Balaban J connectivity index is 1.59. The molecule has 4 heteroatoms. The highest BCUT2D eigenvalue weighted by Crippen LogP contribution is 2.47. The average Bonchev–Trinajstić information content (AvgIpc) is 3.20. The van der Waals surface area contributed by atoms with Gasteiger partial charge in [0, 0.05) is 18.5 Å². The number of carboxylic acid groups (broad SMARTS) is 1. The van der Waals surface area contributed by atoms with Crippen LogP contribution in [0.5, 0.6) is 0 Å². The number of hydrogen-bond acceptors (Lipinski definition) is 3. The van der Waals surface area contributed by atoms with E-state index in [4.69, 9.17) is 5.11 Å². The van der Waals surface area contributed by atoms with E-state index in [1.165, 1.54) is 28.0 Å². The summed E-state index contributed by atoms with van der Waals surface area (Å²) in [5.74, 6) is -0.693. The van der Waals surface area contributed by atoms with Gasteiger partial charge in [-0.2, -0.15) is 0 Å². The van der Waals surface area contributed by atoms with Crippen LogP contribution in [0, 0.1) is 0 Å². The van der Waals surface area contributed by atoms with Crippen molar-refractivity contribution in [3.05, 3.63) is 108 Å². The molecule has 0 radical (unpaired) electrons. The van der Waals surface area contributed by atoms with Crippen molar-refractivity contribution in [3.8, 4) is 0 Å². The Morgan fingerprint density at radius 2 is 1.26 bits per heavy atom. The van der Waals surface area contributed by atoms with E-state index in [2.05, 4.69) is 108 Å². The number of hydrogen-bond donors (Lipinski definition) is 2. The zero-order valence-electron chi connectivity index (χ0n) is 20.6. The Morgan fingerprint density at radius 3 is 1.86 bits per heavy atom. The normalized spacial score (nSPS) is 17.7. The predicted molar refractivity (Wildman–Crippen MR) is 143 cm³/mol. The monoisotopic (exact) mass is 468 g/mol. The number of rotatable bonds is 12. The molecule has 0 saturated carbocycles. The molecule has 0 aliphatic carbocycles. The molecule has 0 amide bonds. The van der Waals surface area contributed by atoms with Crippen LogP contribution in [0.25, 0.3) is 11.3 Å². The van der Waals surface area contributed by atoms with Crippen molar-refractivity contribution in [2.45, 2.75) is 57.4 Å². The quantitative estimate of drug-likeness (QED) is 0.278. The van der Waals surface area contributed by atoms with Gasteiger partial charge in [0.15, 0.2) is 0 Å². The van der Waals surface area contributed by atoms with Crippen molar-refractivity contribution < 1.29 is 9.90 Å². The highest BCUT2D eigenvalue weighted by Gasteiger charge is 2.43. The number of nitrogens with one attached hydrogen (secondary N) is 1. The second-order valence-corrected chi connectivity index (χ2v) is 9.48. The van der Waals surface area contributed by atoms with Crippen molar-refractivity contribution in [1.29, 1.82) is 0 Å². The van der Waals surface area contributed by atoms with E-state index >= 15 is 0 Å². The summed E-state index contributed by atoms with van der Waals surface area (Å²) in [6.45, 7) is 3.20. The topological polar surface area (TPSA) is 52.6 Å². The molecule has 0 saturated heterocycles. The molecule has 4 nitrogen and oxygen atoms in total. The van der Waals surface area contributed by atoms with Crippen LogP contribution in [0.3, 0.4) is 0 Å². The van der Waals surface area contributed by atoms with E-state index < -0.39 is 5.97 Å². The lowest BCUT2D eigenvalue weighted by Gasteiger charge is -2.31. The van der Waals surface area contributed by atoms with Crippen LogP contribution in [0.15, 0.2) is 91.0 Å². The fourth-order valence-corrected chi connectivity index (χ4v) is 5.08. The molecule has 2 N–H and O–H groups in total. The van der Waals surface area contributed by atoms with Gasteiger partial charge in [-0.25, -0.2) is 5.43 Å². The fourth-order valence-electron chi connectivity index (χ4n) is 5.08. The van der Waals surface area contributed by atoms with Gasteiger partial charge in [-0.3, -0.25) is 4.79 Å². The maximum Gasteiger partial charge on any atom is 0.303 e. The van der Waals surface area contributed by atoms with Gasteiger partial charge in [-0.05, 0) is 36.5 Å². The van der Waals surface area contributed by atoms with Gasteiger partial charge in [-0.1, -0.05) is 117 Å². The molecule has 0 spiro atoms. The summed E-state index contributed by atoms with van der Waals surface area (Å²) < 4.78 is 0. The number of hydrazine groups is 1. The zero-order valence-corrected chi connectivity index (χ0v) is 20.6. The molecule has 3 aromatic rings. The van der Waals surface area contributed by atoms with Crippen LogP contribution in [-0.2, 0) is 10.3 Å². The van der Waals surface area contributed by atoms with Crippen molar-refractivity contribution in [2.24, 2.45) is 0 Å². The number of nitrogens with zero attached hydrogens (tertiary/aromatic N) is 1. The summed E-state index contributed by atoms with van der Waals surface area (Å²) >= 11 is 0. The lowest BCUT2D eigenvalue weighted by Crippen LogP contribution is -2.44. The largest absolute Gasteiger partial charge is 0.481 e. The van der Waals surface area contributed by atoms with Gasteiger partial charge in [0.25, 0.3) is 0 Å². The first-order valence-electron chi connectivity index (χ1n) is 12.8. The fraction of sp³-hybridized carbons (Fsp3) is 0.323. The van der Waals surface area contributed by atoms with E-state index in [0.29, 0.717) is 0 Å². The van der Waals surface area contributed by atoms with Crippen molar-refractivity contribution in [3.63, 3.8) is 0 Å². The first-order valence-corrected chi connectivity index (χ1v) is 12.8. The van der Waals surface area contributed by atoms with Crippen molar-refractivity contribution in [1.82, 2.24) is 10.4 Å². The van der Waals surface area contributed by atoms with Gasteiger partial charge in [0.2, 0.25) is 0 Å². The molecule has 0 bridgehead atoms. The van der Waals surface area contributed by atoms with Crippen LogP contribution in [0.4, 0.5) is 0 Å². The van der Waals surface area contributed by atoms with Gasteiger partial charge in [0.1, 0.15) is 0 Å². The average molecular weight is 469 g/mol. The third-order valence-corrected chi connectivity index (χ3v) is 6.85. The first kappa shape index (κ1) is 24.7. The van der Waals surface area contributed by atoms with Crippen LogP contribution in [0.1, 0.15) is 68.6 Å². The minimum atomic E-state index is -0.693. The molecular formula is C31H36N2O2. The molecule has 1 heterocycles. The predicted octanol–water partition coefficient (Wildman–Crippen LogP) is 7.11. The maximum absolute atomic E-state index is 10.7. The second-order valence-electron chi connectivity index (χ2n) is 9.48. The van der Waals surface area contributed by atoms with Crippen LogP contribution in [0.2, 0.25) is 0 Å². The second kappa shape index (κ2) is 11.9. The summed E-state index contributed by atoms with van der Waals surface area (Å²) in [6.07, 6.45) is 6.50. The molecule has 182 valence electrons. The SMILES string of the molecule is CC1(c2ccccc2)NN(CCCCCCCCC(=O)O)C(c2ccccc2)=C1c1ccccc1. The maximum atomic E-state index is 10.7. The van der Waals surface area contributed by atoms with Crippen LogP contribution < -0.4 is 5.43 Å². The van der Waals surface area contributed by atoms with Gasteiger partial charge < -0.3 is 10.1 Å². The summed E-state index contributed by atoms with van der Waals surface area (Å²) in [5, 5.41) is 11.2. The summed E-state index contributed by atoms with van der Waals surface area (Å²) in [6, 6.07) is 32.1. The summed E-state index contributed by atoms with van der Waals surface area (Å²) in [4.78, 5) is 10.7. The van der Waals surface area contributed by atoms with Crippen LogP contribution in [-0.4, -0.2) is 22.6 Å². The Labute approximate surface area is 209 Å². The lowest BCUT2D eigenvalue weighted by molar-refractivity contribution is -0.137. The Kier molecular flexibility index (Phi) is 8.38. The highest BCUT2D eigenvalue weighted by molar-refractivity contribution is 5.96. The van der Waals surface area contributed by atoms with E-state index in [-0.39, 0.29) is 12.0 Å². The molecule has 1 unspecified atom stereocenters. The molecule has 1 atom stereocenters. The first-order chi connectivity index (χ1) is 17.1. The van der Waals surface area contributed by atoms with Crippen LogP contribution >= 0.6 is 0 Å². The Morgan fingerprint density at radius 1 is 0.743 bits per heavy atom. The molecule has 1 aliphatic heterocycles. The number of carbonyl (C=O) groups is 1. The minimum Gasteiger partial charge on any atom is -0.481 e. The van der Waals surface area contributed by atoms with Gasteiger partial charge in [-0.15, -0.1) is 0 Å². The minimum absolute atomic E-state index is 0.281. The van der Waals surface area contributed by atoms with Gasteiger partial charge in [0.05, 0.1) is 11.2 Å². The van der Waals surface area contributed by atoms with E-state index in [0.717, 1.165) is 45.1 Å². The molecule has 0 fully saturated rings. The lowest BCUT2D eigenvalue weighted by atomic mass is 9.80. The Bertz CT molecular complexity index is 1110. The third-order valence-electron chi connectivity index (χ3n) is 6.85. The number of benzene rings is 3. The number of unbranched alkanes of at least 4 members (excludes halogenated alkanes) is 5. The Hall–Kier alpha value is -3.37. The molecule has 1 aliphatic rings. The van der Waals surface area contributed by atoms with E-state index in [9.17, 15) is 4.79 Å². The van der Waals surface area contributed by atoms with E-state index in [1.807, 2.05) is 0 Å². The van der Waals surface area contributed by atoms with Crippen molar-refractivity contribution in [2.75, 3.05) is 6.54 Å². The molecular weight excluding hydrogens is 432 g/mol. The molecule has 3 aromatic carbocycles. The third kappa shape index (κ3) is 6.01. The number of aliphatic carboxylic acids is 1. The van der Waals surface area contributed by atoms with Gasteiger partial charge >= 0.3 is 5.97 Å². The zero-order chi connectivity index (χ0) is 24.5. The summed E-state index contributed by atoms with van der Waals surface area (Å²) in [5.41, 5.74) is 9.76. The molecule has 0 aromatic heterocycles. The van der Waals surface area contributed by atoms with E-state index in [1.54, 1.807) is 0 Å². The molecule has 4 rings (SSSR count). The number of carboxylic acids is 1. The standard InChI is InChI=1S/C31H36N2O2/c1-31(27-21-13-8-14-22-27)29(25-17-9-6-10-18-25)30(26-19-11-7-12-20-26)33(32-31)24-16-5-3-2-4-15-23-28(34)35/h6-14,17-22,32H,2-5,15-16,23-24H2,1H3,(H,34,35). The van der Waals surface area contributed by atoms with Crippen molar-refractivity contribution >= 4 is 17.2 Å². The summed E-state index contributed by atoms with van der Waals surface area (Å²) in [7, 11) is 0. The highest BCUT2D eigenvalue weighted by atomic mass is 16.4.